The molecule has 0 atom stereocenters. The molecule has 0 aromatic carbocycles. The maximum Gasteiger partial charge on any atom is 0.470 e. The number of alkyl halides is 5. The molecule has 0 fully saturated rings. The summed E-state index contributed by atoms with van der Waals surface area (Å²) in [5, 5.41) is 4.43. The number of hydrogen-bond acceptors (Lipinski definition) is 4. The van der Waals surface area contributed by atoms with Crippen LogP contribution in [0.5, 0.6) is 0 Å². The summed E-state index contributed by atoms with van der Waals surface area (Å²) in [6, 6.07) is 0. The highest BCUT2D eigenvalue weighted by atomic mass is 32.2. The largest absolute Gasteiger partial charge is 0.550 e. The summed E-state index contributed by atoms with van der Waals surface area (Å²) in [7, 11) is -2.68. The smallest absolute Gasteiger partial charge is 0.470 e. The molecule has 0 radical (unpaired) electrons. The third kappa shape index (κ3) is 6.01. The molecule has 0 unspecified atom stereocenters. The van der Waals surface area contributed by atoms with Gasteiger partial charge in [-0.3, -0.25) is 0 Å². The van der Waals surface area contributed by atoms with Gasteiger partial charge in [0.15, 0.2) is 0 Å². The minimum atomic E-state index is -6.21. The Morgan fingerprint density at radius 2 is 1.64 bits per heavy atom. The minimum Gasteiger partial charge on any atom is -0.550 e. The van der Waals surface area contributed by atoms with Gasteiger partial charge in [-0.1, -0.05) is 0 Å². The quantitative estimate of drug-likeness (QED) is 0.348. The van der Waals surface area contributed by atoms with Crippen LogP contribution in [0.1, 0.15) is 12.8 Å². The van der Waals surface area contributed by atoms with Gasteiger partial charge in [0.2, 0.25) is 0 Å². The summed E-state index contributed by atoms with van der Waals surface area (Å²) in [6.45, 7) is -0.303. The van der Waals surface area contributed by atoms with Crippen LogP contribution in [0.4, 0.5) is 22.0 Å². The Morgan fingerprint density at radius 3 is 2.05 bits per heavy atom. The van der Waals surface area contributed by atoms with Crippen molar-refractivity contribution in [3.8, 4) is 0 Å². The van der Waals surface area contributed by atoms with E-state index in [-0.39, 0.29) is 30.4 Å². The lowest BCUT2D eigenvalue weighted by Gasteiger charge is -2.30. The number of sulfonamides is 1. The van der Waals surface area contributed by atoms with Gasteiger partial charge >= 0.3 is 11.4 Å². The molecule has 0 rings (SSSR count). The second-order valence-electron chi connectivity index (χ2n) is 5.27. The number of aliphatic carboxylic acids is 1. The third-order valence-electron chi connectivity index (χ3n) is 2.82. The Hall–Kier alpha value is -1.01. The van der Waals surface area contributed by atoms with Crippen molar-refractivity contribution in [2.45, 2.75) is 24.3 Å². The molecule has 132 valence electrons. The Kier molecular flexibility index (Phi) is 6.72. The van der Waals surface area contributed by atoms with Gasteiger partial charge in [-0.25, -0.2) is 13.1 Å². The molecule has 0 aromatic heterocycles. The molecule has 6 nitrogen and oxygen atoms in total. The van der Waals surface area contributed by atoms with E-state index in [0.717, 1.165) is 0 Å². The van der Waals surface area contributed by atoms with E-state index in [0.29, 0.717) is 0 Å². The Morgan fingerprint density at radius 1 is 1.14 bits per heavy atom. The Labute approximate surface area is 124 Å². The van der Waals surface area contributed by atoms with Crippen molar-refractivity contribution >= 4 is 16.0 Å². The Balaban J connectivity index is 4.45. The molecule has 0 aliphatic heterocycles. The summed E-state index contributed by atoms with van der Waals surface area (Å²) in [5.41, 5.74) is 0. The molecule has 0 saturated heterocycles. The normalized spacial score (nSPS) is 14.1. The first kappa shape index (κ1) is 21.0. The SMILES string of the molecule is C[N+](C)(CCCNS(=O)(=O)C(F)(F)C(F)(F)F)CCC(=O)[O-]. The van der Waals surface area contributed by atoms with E-state index in [1.54, 1.807) is 14.1 Å². The topological polar surface area (TPSA) is 86.3 Å². The highest BCUT2D eigenvalue weighted by molar-refractivity contribution is 7.90. The molecule has 0 spiro atoms. The van der Waals surface area contributed by atoms with Gasteiger partial charge in [0.1, 0.15) is 0 Å². The summed E-state index contributed by atoms with van der Waals surface area (Å²) >= 11 is 0. The Bertz CT molecular complexity index is 490. The number of quaternary nitrogens is 1. The summed E-state index contributed by atoms with van der Waals surface area (Å²) < 4.78 is 84.6. The zero-order valence-corrected chi connectivity index (χ0v) is 12.7. The van der Waals surface area contributed by atoms with E-state index in [9.17, 15) is 40.3 Å². The van der Waals surface area contributed by atoms with Crippen LogP contribution in [0.2, 0.25) is 0 Å². The number of hydrogen-bond donors (Lipinski definition) is 1. The molecular weight excluding hydrogens is 339 g/mol. The van der Waals surface area contributed by atoms with Crippen molar-refractivity contribution in [3.63, 3.8) is 0 Å². The number of halogens is 5. The van der Waals surface area contributed by atoms with E-state index >= 15 is 0 Å². The standard InChI is InChI=1S/C10H17F5N2O4S/c1-17(2,7-4-8(18)19)6-3-5-16-22(20,21)10(14,15)9(11,12)13/h16H,3-7H2,1-2H3. The van der Waals surface area contributed by atoms with Crippen molar-refractivity contribution in [1.29, 1.82) is 0 Å². The van der Waals surface area contributed by atoms with Crippen LogP contribution in [0, 0.1) is 0 Å². The number of carbonyl (C=O) groups excluding carboxylic acids is 1. The first-order valence-corrected chi connectivity index (χ1v) is 7.56. The van der Waals surface area contributed by atoms with Crippen molar-refractivity contribution in [1.82, 2.24) is 4.72 Å². The van der Waals surface area contributed by atoms with Gasteiger partial charge in [0.25, 0.3) is 10.0 Å². The molecule has 0 amide bonds. The minimum absolute atomic E-state index is 0.0484. The molecule has 22 heavy (non-hydrogen) atoms. The number of carboxylic acids is 1. The van der Waals surface area contributed by atoms with Gasteiger partial charge in [-0.15, -0.1) is 0 Å². The average Bonchev–Trinajstić information content (AvgIpc) is 2.31. The van der Waals surface area contributed by atoms with Crippen LogP contribution < -0.4 is 9.83 Å². The summed E-state index contributed by atoms with van der Waals surface area (Å²) in [6.07, 6.45) is -6.51. The number of nitrogens with zero attached hydrogens (tertiary/aromatic N) is 1. The summed E-state index contributed by atoms with van der Waals surface area (Å²) in [4.78, 5) is 10.3. The molecule has 1 N–H and O–H groups in total. The van der Waals surface area contributed by atoms with E-state index in [4.69, 9.17) is 0 Å². The maximum atomic E-state index is 12.7. The lowest BCUT2D eigenvalue weighted by molar-refractivity contribution is -0.890. The molecule has 0 bridgehead atoms. The van der Waals surface area contributed by atoms with Gasteiger partial charge in [-0.05, 0) is 0 Å². The number of rotatable bonds is 9. The lowest BCUT2D eigenvalue weighted by Crippen LogP contribution is -2.50. The highest BCUT2D eigenvalue weighted by Crippen LogP contribution is 2.39. The molecule has 0 saturated carbocycles. The predicted octanol–water partition coefficient (Wildman–Crippen LogP) is -0.333. The predicted molar refractivity (Wildman–Crippen MR) is 64.0 cm³/mol. The molecule has 12 heteroatoms. The first-order valence-electron chi connectivity index (χ1n) is 6.08. The number of carbonyl (C=O) groups is 1. The van der Waals surface area contributed by atoms with Gasteiger partial charge < -0.3 is 14.4 Å². The van der Waals surface area contributed by atoms with Crippen LogP contribution in [0.15, 0.2) is 0 Å². The first-order chi connectivity index (χ1) is 9.62. The van der Waals surface area contributed by atoms with Crippen molar-refractivity contribution < 1.29 is 44.8 Å². The van der Waals surface area contributed by atoms with Gasteiger partial charge in [0, 0.05) is 25.4 Å². The second-order valence-corrected chi connectivity index (χ2v) is 7.08. The van der Waals surface area contributed by atoms with E-state index in [2.05, 4.69) is 0 Å². The van der Waals surface area contributed by atoms with Gasteiger partial charge in [-0.2, -0.15) is 22.0 Å². The van der Waals surface area contributed by atoms with Crippen molar-refractivity contribution in [3.05, 3.63) is 0 Å². The fourth-order valence-electron chi connectivity index (χ4n) is 1.46. The molecule has 0 heterocycles. The molecule has 0 aromatic rings. The maximum absolute atomic E-state index is 12.7. The van der Waals surface area contributed by atoms with Crippen molar-refractivity contribution in [2.24, 2.45) is 0 Å². The van der Waals surface area contributed by atoms with Gasteiger partial charge in [0.05, 0.1) is 27.2 Å². The van der Waals surface area contributed by atoms with E-state index in [1.807, 2.05) is 0 Å². The summed E-state index contributed by atoms with van der Waals surface area (Å²) in [5.74, 6) is -1.28. The fraction of sp³-hybridized carbons (Fsp3) is 0.900. The number of nitrogens with one attached hydrogen (secondary N) is 1. The third-order valence-corrected chi connectivity index (χ3v) is 4.31. The van der Waals surface area contributed by atoms with Crippen LogP contribution in [-0.4, -0.2) is 64.0 Å². The zero-order valence-electron chi connectivity index (χ0n) is 11.9. The molecular formula is C10H17F5N2O4S. The van der Waals surface area contributed by atoms with Crippen LogP contribution in [0.25, 0.3) is 0 Å². The fourth-order valence-corrected chi connectivity index (χ4v) is 2.36. The van der Waals surface area contributed by atoms with E-state index < -0.39 is 34.0 Å². The molecule has 0 aliphatic rings. The second kappa shape index (κ2) is 7.04. The highest BCUT2D eigenvalue weighted by Gasteiger charge is 2.67. The zero-order chi connectivity index (χ0) is 17.8. The van der Waals surface area contributed by atoms with Crippen LogP contribution >= 0.6 is 0 Å². The van der Waals surface area contributed by atoms with Crippen LogP contribution in [0.3, 0.4) is 0 Å². The van der Waals surface area contributed by atoms with Crippen LogP contribution in [-0.2, 0) is 14.8 Å². The van der Waals surface area contributed by atoms with E-state index in [1.165, 1.54) is 4.72 Å². The lowest BCUT2D eigenvalue weighted by atomic mass is 10.3. The monoisotopic (exact) mass is 356 g/mol. The average molecular weight is 356 g/mol. The molecule has 0 aliphatic carbocycles. The van der Waals surface area contributed by atoms with Crippen molar-refractivity contribution in [2.75, 3.05) is 33.7 Å². The number of carboxylic acid groups (broad SMARTS) is 1.